The summed E-state index contributed by atoms with van der Waals surface area (Å²) in [6.45, 7) is 6.71. The largest absolute Gasteiger partial charge is 0.491 e. The van der Waals surface area contributed by atoms with E-state index >= 15 is 0 Å². The van der Waals surface area contributed by atoms with E-state index in [4.69, 9.17) is 4.74 Å². The Balaban J connectivity index is 1.54. The highest BCUT2D eigenvalue weighted by atomic mass is 16.5. The number of ether oxygens (including phenoxy) is 1. The van der Waals surface area contributed by atoms with Gasteiger partial charge < -0.3 is 9.84 Å². The predicted octanol–water partition coefficient (Wildman–Crippen LogP) is 2.19. The summed E-state index contributed by atoms with van der Waals surface area (Å²) in [7, 11) is 0. The quantitative estimate of drug-likeness (QED) is 0.834. The van der Waals surface area contributed by atoms with Gasteiger partial charge >= 0.3 is 0 Å². The predicted molar refractivity (Wildman–Crippen MR) is 96.7 cm³/mol. The van der Waals surface area contributed by atoms with Crippen molar-refractivity contribution < 1.29 is 9.84 Å². The van der Waals surface area contributed by atoms with Gasteiger partial charge in [0.2, 0.25) is 0 Å². The van der Waals surface area contributed by atoms with E-state index in [1.807, 2.05) is 48.9 Å². The number of aryl methyl sites for hydroxylation is 2. The number of nitrogens with zero attached hydrogens (tertiary/aromatic N) is 4. The summed E-state index contributed by atoms with van der Waals surface area (Å²) in [6.07, 6.45) is 3.03. The highest BCUT2D eigenvalue weighted by Crippen LogP contribution is 2.19. The molecular weight excluding hydrogens is 316 g/mol. The van der Waals surface area contributed by atoms with Crippen LogP contribution in [0.5, 0.6) is 5.75 Å². The van der Waals surface area contributed by atoms with Gasteiger partial charge in [0.1, 0.15) is 30.1 Å². The van der Waals surface area contributed by atoms with Crippen molar-refractivity contribution in [3.8, 4) is 5.75 Å². The smallest absolute Gasteiger partial charge is 0.147 e. The Bertz CT molecular complexity index is 659. The fourth-order valence-corrected chi connectivity index (χ4v) is 3.47. The maximum absolute atomic E-state index is 10.4. The summed E-state index contributed by atoms with van der Waals surface area (Å²) in [4.78, 5) is 6.76. The number of para-hydroxylation sites is 1. The molecule has 3 rings (SSSR count). The van der Waals surface area contributed by atoms with E-state index in [1.54, 1.807) is 0 Å². The number of aromatic nitrogens is 3. The molecule has 0 spiro atoms. The lowest BCUT2D eigenvalue weighted by Crippen LogP contribution is -2.47. The van der Waals surface area contributed by atoms with Crippen LogP contribution < -0.4 is 4.74 Å². The molecule has 1 aliphatic heterocycles. The van der Waals surface area contributed by atoms with Gasteiger partial charge in [-0.05, 0) is 45.4 Å². The average molecular weight is 344 g/mol. The number of benzene rings is 1. The van der Waals surface area contributed by atoms with Crippen molar-refractivity contribution in [1.29, 1.82) is 0 Å². The molecule has 1 aliphatic rings. The number of hydrogen-bond acceptors (Lipinski definition) is 5. The molecule has 2 atom stereocenters. The molecule has 2 heterocycles. The molecular formula is C19H28N4O2. The molecule has 25 heavy (non-hydrogen) atoms. The molecule has 1 N–H and O–H groups in total. The fourth-order valence-electron chi connectivity index (χ4n) is 3.47. The maximum atomic E-state index is 10.4. The first-order valence-corrected chi connectivity index (χ1v) is 9.10. The van der Waals surface area contributed by atoms with E-state index in [0.717, 1.165) is 36.9 Å². The lowest BCUT2D eigenvalue weighted by molar-refractivity contribution is 0.0343. The highest BCUT2D eigenvalue weighted by Gasteiger charge is 2.25. The van der Waals surface area contributed by atoms with Crippen molar-refractivity contribution in [3.63, 3.8) is 0 Å². The van der Waals surface area contributed by atoms with E-state index in [2.05, 4.69) is 15.0 Å². The SMILES string of the molecule is Cc1nc(C)n(C[C@H]2CCCCN2C[C@H](O)COc2ccccc2)n1. The van der Waals surface area contributed by atoms with Crippen LogP contribution in [0.4, 0.5) is 0 Å². The molecule has 6 heteroatoms. The standard InChI is InChI=1S/C19H28N4O2/c1-15-20-16(2)23(21-15)12-17-8-6-7-11-22(17)13-18(24)14-25-19-9-4-3-5-10-19/h3-5,9-10,17-18,24H,6-8,11-14H2,1-2H3/t17-,18+/m1/s1. The summed E-state index contributed by atoms with van der Waals surface area (Å²) in [5, 5.41) is 14.9. The molecule has 2 aromatic rings. The van der Waals surface area contributed by atoms with Crippen LogP contribution in [-0.4, -0.2) is 56.6 Å². The first-order valence-electron chi connectivity index (χ1n) is 9.10. The minimum Gasteiger partial charge on any atom is -0.491 e. The second-order valence-electron chi connectivity index (χ2n) is 6.81. The van der Waals surface area contributed by atoms with Crippen molar-refractivity contribution in [2.45, 2.75) is 51.8 Å². The second-order valence-corrected chi connectivity index (χ2v) is 6.81. The van der Waals surface area contributed by atoms with Crippen molar-refractivity contribution in [2.75, 3.05) is 19.7 Å². The number of rotatable bonds is 7. The molecule has 1 fully saturated rings. The summed E-state index contributed by atoms with van der Waals surface area (Å²) < 4.78 is 7.67. The number of aliphatic hydroxyl groups is 1. The van der Waals surface area contributed by atoms with Crippen molar-refractivity contribution in [1.82, 2.24) is 19.7 Å². The van der Waals surface area contributed by atoms with Gasteiger partial charge in [0.25, 0.3) is 0 Å². The Morgan fingerprint density at radius 2 is 2.04 bits per heavy atom. The van der Waals surface area contributed by atoms with Gasteiger partial charge in [0.05, 0.1) is 6.54 Å². The number of aliphatic hydroxyl groups excluding tert-OH is 1. The van der Waals surface area contributed by atoms with E-state index < -0.39 is 6.10 Å². The third-order valence-corrected chi connectivity index (χ3v) is 4.73. The van der Waals surface area contributed by atoms with Crippen LogP contribution in [0.15, 0.2) is 30.3 Å². The van der Waals surface area contributed by atoms with E-state index in [1.165, 1.54) is 12.8 Å². The highest BCUT2D eigenvalue weighted by molar-refractivity contribution is 5.20. The van der Waals surface area contributed by atoms with Crippen LogP contribution in [0.1, 0.15) is 30.9 Å². The monoisotopic (exact) mass is 344 g/mol. The minimum absolute atomic E-state index is 0.314. The second kappa shape index (κ2) is 8.45. The summed E-state index contributed by atoms with van der Waals surface area (Å²) in [6, 6.07) is 10.0. The molecule has 0 bridgehead atoms. The molecule has 1 aromatic heterocycles. The van der Waals surface area contributed by atoms with Crippen LogP contribution in [0.2, 0.25) is 0 Å². The van der Waals surface area contributed by atoms with Crippen LogP contribution in [0.25, 0.3) is 0 Å². The number of β-amino-alcohol motifs (C(OH)–C–C–N with tert-alkyl or cyclic N) is 1. The number of piperidine rings is 1. The zero-order valence-electron chi connectivity index (χ0n) is 15.1. The Morgan fingerprint density at radius 1 is 1.24 bits per heavy atom. The maximum Gasteiger partial charge on any atom is 0.147 e. The molecule has 0 amide bonds. The molecule has 1 aromatic carbocycles. The van der Waals surface area contributed by atoms with Crippen LogP contribution >= 0.6 is 0 Å². The normalized spacial score (nSPS) is 19.7. The fraction of sp³-hybridized carbons (Fsp3) is 0.579. The molecule has 0 saturated carbocycles. The first-order chi connectivity index (χ1) is 12.1. The minimum atomic E-state index is -0.501. The van der Waals surface area contributed by atoms with Crippen LogP contribution in [-0.2, 0) is 6.54 Å². The van der Waals surface area contributed by atoms with Gasteiger partial charge in [-0.1, -0.05) is 24.6 Å². The van der Waals surface area contributed by atoms with Gasteiger partial charge in [-0.3, -0.25) is 4.90 Å². The Morgan fingerprint density at radius 3 is 2.76 bits per heavy atom. The van der Waals surface area contributed by atoms with Gasteiger partial charge in [0.15, 0.2) is 0 Å². The van der Waals surface area contributed by atoms with Crippen molar-refractivity contribution in [3.05, 3.63) is 42.0 Å². The topological polar surface area (TPSA) is 63.4 Å². The van der Waals surface area contributed by atoms with Gasteiger partial charge in [-0.15, -0.1) is 0 Å². The summed E-state index contributed by atoms with van der Waals surface area (Å²) >= 11 is 0. The van der Waals surface area contributed by atoms with Crippen molar-refractivity contribution >= 4 is 0 Å². The van der Waals surface area contributed by atoms with Gasteiger partial charge in [0, 0.05) is 12.6 Å². The summed E-state index contributed by atoms with van der Waals surface area (Å²) in [5.41, 5.74) is 0. The average Bonchev–Trinajstić information content (AvgIpc) is 2.93. The van der Waals surface area contributed by atoms with E-state index in [-0.39, 0.29) is 0 Å². The van der Waals surface area contributed by atoms with Gasteiger partial charge in [-0.25, -0.2) is 9.67 Å². The van der Waals surface area contributed by atoms with Crippen LogP contribution in [0, 0.1) is 13.8 Å². The third-order valence-electron chi connectivity index (χ3n) is 4.73. The molecule has 0 unspecified atom stereocenters. The Hall–Kier alpha value is -1.92. The Labute approximate surface area is 149 Å². The zero-order valence-corrected chi connectivity index (χ0v) is 15.1. The van der Waals surface area contributed by atoms with Crippen molar-refractivity contribution in [2.24, 2.45) is 0 Å². The molecule has 0 aliphatic carbocycles. The van der Waals surface area contributed by atoms with E-state index in [0.29, 0.717) is 19.2 Å². The Kier molecular flexibility index (Phi) is 6.04. The molecule has 136 valence electrons. The zero-order chi connectivity index (χ0) is 17.6. The molecule has 1 saturated heterocycles. The lowest BCUT2D eigenvalue weighted by Gasteiger charge is -2.36. The third kappa shape index (κ3) is 5.03. The van der Waals surface area contributed by atoms with Gasteiger partial charge in [-0.2, -0.15) is 5.10 Å². The van der Waals surface area contributed by atoms with E-state index in [9.17, 15) is 5.11 Å². The number of hydrogen-bond donors (Lipinski definition) is 1. The summed E-state index contributed by atoms with van der Waals surface area (Å²) in [5.74, 6) is 2.57. The molecule has 6 nitrogen and oxygen atoms in total. The first kappa shape index (κ1) is 17.9. The van der Waals surface area contributed by atoms with Crippen LogP contribution in [0.3, 0.4) is 0 Å². The lowest BCUT2D eigenvalue weighted by atomic mass is 10.0. The number of likely N-dealkylation sites (tertiary alicyclic amines) is 1. The molecule has 0 radical (unpaired) electrons.